The molecule has 0 atom stereocenters. The normalized spacial score (nSPS) is 11.6. The van der Waals surface area contributed by atoms with Gasteiger partial charge >= 0.3 is 5.97 Å². The van der Waals surface area contributed by atoms with Crippen LogP contribution in [0, 0.1) is 0 Å². The number of hydrogen-bond donors (Lipinski definition) is 2. The Kier molecular flexibility index (Phi) is 6.57. The third-order valence-corrected chi connectivity index (χ3v) is 6.06. The van der Waals surface area contributed by atoms with Crippen molar-refractivity contribution < 1.29 is 31.1 Å². The average molecular weight is 493 g/mol. The Balaban J connectivity index is 2.42. The van der Waals surface area contributed by atoms with Gasteiger partial charge in [-0.25, -0.2) is 21.6 Å². The standard InChI is InChI=1S/C16H17BrN2O7S2/c1-25-15-7-4-10(8-14(15)19-27(3,21)22)18-28(23,24)11-5-6-13(17)12(9-11)16(20)26-2/h4-9,18-19H,1-3H3. The molecule has 0 aliphatic carbocycles. The summed E-state index contributed by atoms with van der Waals surface area (Å²) in [6.07, 6.45) is 0.958. The molecule has 0 radical (unpaired) electrons. The first-order chi connectivity index (χ1) is 13.0. The minimum absolute atomic E-state index is 0.0412. The van der Waals surface area contributed by atoms with Crippen molar-refractivity contribution in [3.8, 4) is 5.75 Å². The lowest BCUT2D eigenvalue weighted by atomic mass is 10.2. The number of esters is 1. The summed E-state index contributed by atoms with van der Waals surface area (Å²) in [5.74, 6) is -0.488. The highest BCUT2D eigenvalue weighted by atomic mass is 79.9. The summed E-state index contributed by atoms with van der Waals surface area (Å²) in [6, 6.07) is 7.97. The summed E-state index contributed by atoms with van der Waals surface area (Å²) in [5.41, 5.74) is 0.199. The van der Waals surface area contributed by atoms with Crippen LogP contribution in [0.2, 0.25) is 0 Å². The van der Waals surface area contributed by atoms with Gasteiger partial charge < -0.3 is 9.47 Å². The number of rotatable bonds is 7. The van der Waals surface area contributed by atoms with Crippen LogP contribution >= 0.6 is 15.9 Å². The number of halogens is 1. The summed E-state index contributed by atoms with van der Waals surface area (Å²) in [5, 5.41) is 0. The first-order valence-corrected chi connectivity index (χ1v) is 11.7. The van der Waals surface area contributed by atoms with Crippen molar-refractivity contribution in [1.29, 1.82) is 0 Å². The number of methoxy groups -OCH3 is 2. The lowest BCUT2D eigenvalue weighted by molar-refractivity contribution is 0.0599. The second-order valence-electron chi connectivity index (χ2n) is 5.53. The molecule has 0 spiro atoms. The maximum Gasteiger partial charge on any atom is 0.339 e. The summed E-state index contributed by atoms with van der Waals surface area (Å²) >= 11 is 3.16. The Morgan fingerprint density at radius 2 is 1.68 bits per heavy atom. The fraction of sp³-hybridized carbons (Fsp3) is 0.188. The predicted molar refractivity (Wildman–Crippen MR) is 108 cm³/mol. The van der Waals surface area contributed by atoms with Gasteiger partial charge in [0.1, 0.15) is 5.75 Å². The Hall–Kier alpha value is -2.31. The second kappa shape index (κ2) is 8.37. The molecule has 0 aromatic heterocycles. The Labute approximate surface area is 171 Å². The zero-order valence-corrected chi connectivity index (χ0v) is 18.2. The van der Waals surface area contributed by atoms with Crippen LogP contribution in [0.25, 0.3) is 0 Å². The zero-order chi connectivity index (χ0) is 21.1. The molecule has 2 N–H and O–H groups in total. The molecule has 0 unspecified atom stereocenters. The SMILES string of the molecule is COC(=O)c1cc(S(=O)(=O)Nc2ccc(OC)c(NS(C)(=O)=O)c2)ccc1Br. The van der Waals surface area contributed by atoms with E-state index in [1.54, 1.807) is 0 Å². The van der Waals surface area contributed by atoms with Gasteiger partial charge in [0, 0.05) is 4.47 Å². The Morgan fingerprint density at radius 1 is 1.00 bits per heavy atom. The third kappa shape index (κ3) is 5.36. The van der Waals surface area contributed by atoms with Gasteiger partial charge in [0.05, 0.1) is 42.3 Å². The number of nitrogens with one attached hydrogen (secondary N) is 2. The molecule has 0 saturated carbocycles. The topological polar surface area (TPSA) is 128 Å². The van der Waals surface area contributed by atoms with E-state index in [0.717, 1.165) is 12.3 Å². The molecular weight excluding hydrogens is 476 g/mol. The summed E-state index contributed by atoms with van der Waals surface area (Å²) in [7, 11) is -5.15. The number of hydrogen-bond acceptors (Lipinski definition) is 7. The van der Waals surface area contributed by atoms with Crippen LogP contribution in [0.1, 0.15) is 10.4 Å². The highest BCUT2D eigenvalue weighted by molar-refractivity contribution is 9.10. The van der Waals surface area contributed by atoms with Crippen molar-refractivity contribution in [3.05, 3.63) is 46.4 Å². The van der Waals surface area contributed by atoms with Gasteiger partial charge in [0.25, 0.3) is 10.0 Å². The van der Waals surface area contributed by atoms with Gasteiger partial charge in [-0.2, -0.15) is 0 Å². The molecule has 0 aliphatic heterocycles. The monoisotopic (exact) mass is 492 g/mol. The summed E-state index contributed by atoms with van der Waals surface area (Å²) in [6.45, 7) is 0. The largest absolute Gasteiger partial charge is 0.495 e. The van der Waals surface area contributed by atoms with Crippen molar-refractivity contribution in [2.75, 3.05) is 29.9 Å². The van der Waals surface area contributed by atoms with Crippen molar-refractivity contribution in [2.45, 2.75) is 4.90 Å². The Bertz CT molecular complexity index is 1120. The highest BCUT2D eigenvalue weighted by Gasteiger charge is 2.20. The Morgan fingerprint density at radius 3 is 2.25 bits per heavy atom. The summed E-state index contributed by atoms with van der Waals surface area (Å²) < 4.78 is 63.0. The van der Waals surface area contributed by atoms with Gasteiger partial charge in [-0.3, -0.25) is 9.44 Å². The molecule has 0 aliphatic rings. The molecule has 12 heteroatoms. The van der Waals surface area contributed by atoms with E-state index < -0.39 is 26.0 Å². The molecule has 2 aromatic carbocycles. The lowest BCUT2D eigenvalue weighted by Gasteiger charge is -2.14. The predicted octanol–water partition coefficient (Wildman–Crippen LogP) is 2.42. The van der Waals surface area contributed by atoms with Crippen molar-refractivity contribution in [2.24, 2.45) is 0 Å². The number of benzene rings is 2. The van der Waals surface area contributed by atoms with Gasteiger partial charge in [0.15, 0.2) is 0 Å². The molecule has 2 aromatic rings. The van der Waals surface area contributed by atoms with E-state index in [0.29, 0.717) is 4.47 Å². The van der Waals surface area contributed by atoms with E-state index in [-0.39, 0.29) is 27.6 Å². The van der Waals surface area contributed by atoms with Gasteiger partial charge in [0.2, 0.25) is 10.0 Å². The van der Waals surface area contributed by atoms with E-state index in [9.17, 15) is 21.6 Å². The number of carbonyl (C=O) groups is 1. The van der Waals surface area contributed by atoms with E-state index in [2.05, 4.69) is 30.1 Å². The van der Waals surface area contributed by atoms with Crippen LogP contribution in [0.3, 0.4) is 0 Å². The third-order valence-electron chi connectivity index (χ3n) is 3.40. The maximum atomic E-state index is 12.7. The van der Waals surface area contributed by atoms with E-state index >= 15 is 0 Å². The molecule has 152 valence electrons. The zero-order valence-electron chi connectivity index (χ0n) is 15.0. The highest BCUT2D eigenvalue weighted by Crippen LogP contribution is 2.30. The number of anilines is 2. The van der Waals surface area contributed by atoms with Crippen LogP contribution in [-0.2, 0) is 24.8 Å². The molecule has 0 bridgehead atoms. The molecule has 9 nitrogen and oxygen atoms in total. The van der Waals surface area contributed by atoms with E-state index in [1.165, 1.54) is 44.6 Å². The van der Waals surface area contributed by atoms with Crippen LogP contribution < -0.4 is 14.2 Å². The van der Waals surface area contributed by atoms with Crippen molar-refractivity contribution in [1.82, 2.24) is 0 Å². The molecule has 0 saturated heterocycles. The molecular formula is C16H17BrN2O7S2. The fourth-order valence-electron chi connectivity index (χ4n) is 2.20. The van der Waals surface area contributed by atoms with Crippen LogP contribution in [0.4, 0.5) is 11.4 Å². The number of ether oxygens (including phenoxy) is 2. The minimum atomic E-state index is -4.07. The quantitative estimate of drug-likeness (QED) is 0.567. The molecule has 0 fully saturated rings. The van der Waals surface area contributed by atoms with Crippen LogP contribution in [-0.4, -0.2) is 43.3 Å². The van der Waals surface area contributed by atoms with Gasteiger partial charge in [-0.05, 0) is 52.3 Å². The molecule has 2 rings (SSSR count). The second-order valence-corrected chi connectivity index (χ2v) is 9.81. The van der Waals surface area contributed by atoms with Crippen molar-refractivity contribution in [3.63, 3.8) is 0 Å². The van der Waals surface area contributed by atoms with Crippen LogP contribution in [0.15, 0.2) is 45.8 Å². The van der Waals surface area contributed by atoms with E-state index in [1.807, 2.05) is 0 Å². The first-order valence-electron chi connectivity index (χ1n) is 7.53. The molecule has 0 amide bonds. The smallest absolute Gasteiger partial charge is 0.339 e. The molecule has 28 heavy (non-hydrogen) atoms. The van der Waals surface area contributed by atoms with Gasteiger partial charge in [-0.1, -0.05) is 0 Å². The maximum absolute atomic E-state index is 12.7. The lowest BCUT2D eigenvalue weighted by Crippen LogP contribution is -2.15. The molecule has 0 heterocycles. The van der Waals surface area contributed by atoms with E-state index in [4.69, 9.17) is 4.74 Å². The number of carbonyl (C=O) groups excluding carboxylic acids is 1. The van der Waals surface area contributed by atoms with Crippen molar-refractivity contribution >= 4 is 53.3 Å². The van der Waals surface area contributed by atoms with Crippen LogP contribution in [0.5, 0.6) is 5.75 Å². The first kappa shape index (κ1) is 22.0. The number of sulfonamides is 2. The average Bonchev–Trinajstić information content (AvgIpc) is 2.60. The minimum Gasteiger partial charge on any atom is -0.495 e. The fourth-order valence-corrected chi connectivity index (χ4v) is 4.25. The van der Waals surface area contributed by atoms with Gasteiger partial charge in [-0.15, -0.1) is 0 Å². The summed E-state index contributed by atoms with van der Waals surface area (Å²) in [4.78, 5) is 11.6.